The monoisotopic (exact) mass is 270 g/mol. The van der Waals surface area contributed by atoms with Crippen LogP contribution in [0.25, 0.3) is 10.9 Å². The number of para-hydroxylation sites is 1. The molecule has 0 radical (unpaired) electrons. The number of carbonyl (C=O) groups excluding carboxylic acids is 1. The van der Waals surface area contributed by atoms with Gasteiger partial charge in [-0.15, -0.1) is 11.3 Å². The molecule has 1 amide bonds. The van der Waals surface area contributed by atoms with E-state index < -0.39 is 0 Å². The Morgan fingerprint density at radius 1 is 1.16 bits per heavy atom. The number of nitrogens with zero attached hydrogens (tertiary/aromatic N) is 1. The Morgan fingerprint density at radius 3 is 2.89 bits per heavy atom. The molecule has 3 rings (SSSR count). The number of carbonyl (C=O) groups is 1. The second kappa shape index (κ2) is 5.28. The fourth-order valence-corrected chi connectivity index (χ4v) is 2.76. The topological polar surface area (TPSA) is 34.0 Å². The van der Waals surface area contributed by atoms with Crippen LogP contribution in [-0.2, 0) is 6.54 Å². The van der Waals surface area contributed by atoms with Gasteiger partial charge in [-0.25, -0.2) is 0 Å². The highest BCUT2D eigenvalue weighted by Crippen LogP contribution is 2.14. The van der Waals surface area contributed by atoms with Crippen LogP contribution in [0.2, 0.25) is 0 Å². The van der Waals surface area contributed by atoms with Crippen molar-refractivity contribution in [3.05, 3.63) is 58.9 Å². The molecule has 2 aromatic heterocycles. The largest absolute Gasteiger partial charge is 0.350 e. The number of rotatable bonds is 4. The summed E-state index contributed by atoms with van der Waals surface area (Å²) in [5.41, 5.74) is 1.20. The second-order valence-corrected chi connectivity index (χ2v) is 5.25. The lowest BCUT2D eigenvalue weighted by molar-refractivity contribution is 0.0956. The quantitative estimate of drug-likeness (QED) is 0.776. The Morgan fingerprint density at radius 2 is 2.05 bits per heavy atom. The first kappa shape index (κ1) is 12.0. The molecular weight excluding hydrogens is 256 g/mol. The molecule has 0 saturated carbocycles. The van der Waals surface area contributed by atoms with Crippen molar-refractivity contribution in [2.24, 2.45) is 0 Å². The van der Waals surface area contributed by atoms with E-state index in [0.29, 0.717) is 6.54 Å². The van der Waals surface area contributed by atoms with Gasteiger partial charge in [-0.2, -0.15) is 0 Å². The van der Waals surface area contributed by atoms with Crippen molar-refractivity contribution < 1.29 is 4.79 Å². The summed E-state index contributed by atoms with van der Waals surface area (Å²) in [6.45, 7) is 1.42. The van der Waals surface area contributed by atoms with Crippen LogP contribution in [0.1, 0.15) is 9.67 Å². The number of amides is 1. The highest BCUT2D eigenvalue weighted by atomic mass is 32.1. The van der Waals surface area contributed by atoms with Gasteiger partial charge in [0.1, 0.15) is 0 Å². The van der Waals surface area contributed by atoms with Crippen molar-refractivity contribution in [2.75, 3.05) is 6.54 Å². The van der Waals surface area contributed by atoms with Gasteiger partial charge in [0.05, 0.1) is 4.88 Å². The molecule has 0 aliphatic carbocycles. The zero-order chi connectivity index (χ0) is 13.1. The molecular formula is C15H14N2OS. The lowest BCUT2D eigenvalue weighted by Gasteiger charge is -2.06. The van der Waals surface area contributed by atoms with Gasteiger partial charge in [0, 0.05) is 24.8 Å². The van der Waals surface area contributed by atoms with E-state index >= 15 is 0 Å². The highest BCUT2D eigenvalue weighted by molar-refractivity contribution is 7.12. The van der Waals surface area contributed by atoms with Crippen molar-refractivity contribution in [3.8, 4) is 0 Å². The minimum Gasteiger partial charge on any atom is -0.350 e. The minimum absolute atomic E-state index is 0.00598. The average molecular weight is 270 g/mol. The van der Waals surface area contributed by atoms with Gasteiger partial charge >= 0.3 is 0 Å². The highest BCUT2D eigenvalue weighted by Gasteiger charge is 2.05. The van der Waals surface area contributed by atoms with Gasteiger partial charge in [0.2, 0.25) is 0 Å². The maximum Gasteiger partial charge on any atom is 0.261 e. The number of hydrogen-bond donors (Lipinski definition) is 1. The third-order valence-corrected chi connectivity index (χ3v) is 3.93. The molecule has 3 aromatic rings. The Kier molecular flexibility index (Phi) is 3.33. The summed E-state index contributed by atoms with van der Waals surface area (Å²) in [6, 6.07) is 14.1. The van der Waals surface area contributed by atoms with Gasteiger partial charge in [-0.3, -0.25) is 4.79 Å². The summed E-state index contributed by atoms with van der Waals surface area (Å²) >= 11 is 1.46. The molecule has 19 heavy (non-hydrogen) atoms. The zero-order valence-corrected chi connectivity index (χ0v) is 11.2. The molecule has 0 fully saturated rings. The number of hydrogen-bond acceptors (Lipinski definition) is 2. The van der Waals surface area contributed by atoms with Crippen LogP contribution < -0.4 is 5.32 Å². The summed E-state index contributed by atoms with van der Waals surface area (Å²) in [5.74, 6) is 0.00598. The molecule has 0 atom stereocenters. The van der Waals surface area contributed by atoms with Crippen molar-refractivity contribution in [1.29, 1.82) is 0 Å². The zero-order valence-electron chi connectivity index (χ0n) is 10.4. The van der Waals surface area contributed by atoms with Crippen LogP contribution >= 0.6 is 11.3 Å². The molecule has 0 saturated heterocycles. The maximum absolute atomic E-state index is 11.8. The third-order valence-electron chi connectivity index (χ3n) is 3.06. The Balaban J connectivity index is 1.62. The molecule has 2 heterocycles. The molecule has 3 nitrogen and oxygen atoms in total. The van der Waals surface area contributed by atoms with Crippen LogP contribution in [0.4, 0.5) is 0 Å². The van der Waals surface area contributed by atoms with E-state index in [4.69, 9.17) is 0 Å². The van der Waals surface area contributed by atoms with Crippen LogP contribution in [0.15, 0.2) is 54.0 Å². The van der Waals surface area contributed by atoms with E-state index in [-0.39, 0.29) is 5.91 Å². The first-order valence-electron chi connectivity index (χ1n) is 6.20. The van der Waals surface area contributed by atoms with Crippen molar-refractivity contribution in [1.82, 2.24) is 9.88 Å². The Labute approximate surface area is 115 Å². The van der Waals surface area contributed by atoms with Gasteiger partial charge in [-0.1, -0.05) is 24.3 Å². The normalized spacial score (nSPS) is 10.7. The van der Waals surface area contributed by atoms with E-state index in [1.807, 2.05) is 29.6 Å². The Bertz CT molecular complexity index is 685. The van der Waals surface area contributed by atoms with Crippen LogP contribution in [0.3, 0.4) is 0 Å². The van der Waals surface area contributed by atoms with Gasteiger partial charge in [0.25, 0.3) is 5.91 Å². The van der Waals surface area contributed by atoms with Gasteiger partial charge in [0.15, 0.2) is 0 Å². The van der Waals surface area contributed by atoms with Gasteiger partial charge < -0.3 is 9.88 Å². The lowest BCUT2D eigenvalue weighted by Crippen LogP contribution is -2.26. The summed E-state index contributed by atoms with van der Waals surface area (Å²) in [6.07, 6.45) is 2.06. The molecule has 0 aliphatic heterocycles. The van der Waals surface area contributed by atoms with Crippen molar-refractivity contribution in [2.45, 2.75) is 6.54 Å². The lowest BCUT2D eigenvalue weighted by atomic mass is 10.2. The second-order valence-electron chi connectivity index (χ2n) is 4.30. The predicted octanol–water partition coefficient (Wildman–Crippen LogP) is 3.13. The molecule has 0 aliphatic rings. The molecule has 0 unspecified atom stereocenters. The summed E-state index contributed by atoms with van der Waals surface area (Å²) in [5, 5.41) is 6.08. The molecule has 0 bridgehead atoms. The number of nitrogens with one attached hydrogen (secondary N) is 1. The predicted molar refractivity (Wildman–Crippen MR) is 78.6 cm³/mol. The standard InChI is InChI=1S/C15H14N2OS/c18-15(14-6-3-11-19-14)16-8-10-17-9-7-12-4-1-2-5-13(12)17/h1-7,9,11H,8,10H2,(H,16,18). The van der Waals surface area contributed by atoms with Crippen molar-refractivity contribution >= 4 is 28.1 Å². The summed E-state index contributed by atoms with van der Waals surface area (Å²) in [7, 11) is 0. The first-order valence-corrected chi connectivity index (χ1v) is 7.08. The fraction of sp³-hybridized carbons (Fsp3) is 0.133. The first-order chi connectivity index (χ1) is 9.34. The summed E-state index contributed by atoms with van der Waals surface area (Å²) in [4.78, 5) is 12.5. The maximum atomic E-state index is 11.8. The van der Waals surface area contributed by atoms with Gasteiger partial charge in [-0.05, 0) is 29.0 Å². The SMILES string of the molecule is O=C(NCCn1ccc2ccccc21)c1cccs1. The van der Waals surface area contributed by atoms with Crippen LogP contribution in [0.5, 0.6) is 0 Å². The van der Waals surface area contributed by atoms with E-state index in [1.165, 1.54) is 22.2 Å². The van der Waals surface area contributed by atoms with E-state index in [2.05, 4.69) is 34.3 Å². The number of thiophene rings is 1. The fourth-order valence-electron chi connectivity index (χ4n) is 2.12. The average Bonchev–Trinajstić information content (AvgIpc) is 3.08. The smallest absolute Gasteiger partial charge is 0.261 e. The molecule has 0 spiro atoms. The van der Waals surface area contributed by atoms with Crippen molar-refractivity contribution in [3.63, 3.8) is 0 Å². The molecule has 96 valence electrons. The van der Waals surface area contributed by atoms with E-state index in [9.17, 15) is 4.79 Å². The van der Waals surface area contributed by atoms with E-state index in [1.54, 1.807) is 0 Å². The number of aromatic nitrogens is 1. The Hall–Kier alpha value is -2.07. The molecule has 1 aromatic carbocycles. The van der Waals surface area contributed by atoms with Crippen LogP contribution in [-0.4, -0.2) is 17.0 Å². The minimum atomic E-state index is 0.00598. The number of fused-ring (bicyclic) bond motifs is 1. The van der Waals surface area contributed by atoms with E-state index in [0.717, 1.165) is 11.4 Å². The number of benzene rings is 1. The molecule has 4 heteroatoms. The van der Waals surface area contributed by atoms with Crippen LogP contribution in [0, 0.1) is 0 Å². The molecule has 1 N–H and O–H groups in total. The summed E-state index contributed by atoms with van der Waals surface area (Å²) < 4.78 is 2.16. The third kappa shape index (κ3) is 2.53.